The Kier molecular flexibility index (Phi) is 4.37. The molecular weight excluding hydrogens is 200 g/mol. The van der Waals surface area contributed by atoms with Crippen LogP contribution < -0.4 is 0 Å². The summed E-state index contributed by atoms with van der Waals surface area (Å²) in [6, 6.07) is 10.4. The van der Waals surface area contributed by atoms with E-state index in [0.717, 1.165) is 19.4 Å². The van der Waals surface area contributed by atoms with E-state index in [1.807, 2.05) is 6.07 Å². The highest BCUT2D eigenvalue weighted by Gasteiger charge is 2.29. The van der Waals surface area contributed by atoms with E-state index in [9.17, 15) is 5.11 Å². The summed E-state index contributed by atoms with van der Waals surface area (Å²) in [4.78, 5) is 0. The Morgan fingerprint density at radius 3 is 2.69 bits per heavy atom. The Morgan fingerprint density at radius 1 is 1.25 bits per heavy atom. The van der Waals surface area contributed by atoms with Crippen molar-refractivity contribution >= 4 is 0 Å². The summed E-state index contributed by atoms with van der Waals surface area (Å²) in [5.74, 6) is 0.522. The van der Waals surface area contributed by atoms with E-state index >= 15 is 0 Å². The van der Waals surface area contributed by atoms with Gasteiger partial charge < -0.3 is 9.84 Å². The summed E-state index contributed by atoms with van der Waals surface area (Å²) in [6.07, 6.45) is 4.21. The smallest absolute Gasteiger partial charge is 0.0801 e. The van der Waals surface area contributed by atoms with Crippen molar-refractivity contribution in [1.29, 1.82) is 0 Å². The summed E-state index contributed by atoms with van der Waals surface area (Å²) in [7, 11) is 0. The Morgan fingerprint density at radius 2 is 2.00 bits per heavy atom. The molecule has 1 fully saturated rings. The van der Waals surface area contributed by atoms with Crippen molar-refractivity contribution in [3.8, 4) is 0 Å². The zero-order valence-corrected chi connectivity index (χ0v) is 9.64. The number of aryl methyl sites for hydroxylation is 1. The molecule has 1 N–H and O–H groups in total. The molecule has 0 spiro atoms. The average molecular weight is 220 g/mol. The second kappa shape index (κ2) is 6.02. The summed E-state index contributed by atoms with van der Waals surface area (Å²) in [5.41, 5.74) is 1.36. The van der Waals surface area contributed by atoms with Gasteiger partial charge >= 0.3 is 0 Å². The van der Waals surface area contributed by atoms with Crippen molar-refractivity contribution in [3.63, 3.8) is 0 Å². The Balaban J connectivity index is 1.52. The minimum Gasteiger partial charge on any atom is -0.390 e. The lowest BCUT2D eigenvalue weighted by atomic mass is 10.1. The number of aliphatic hydroxyl groups excluding tert-OH is 1. The van der Waals surface area contributed by atoms with E-state index in [0.29, 0.717) is 12.5 Å². The average Bonchev–Trinajstić information content (AvgIpc) is 3.13. The largest absolute Gasteiger partial charge is 0.390 e. The number of rotatable bonds is 7. The van der Waals surface area contributed by atoms with Crippen molar-refractivity contribution in [3.05, 3.63) is 35.9 Å². The molecule has 88 valence electrons. The monoisotopic (exact) mass is 220 g/mol. The predicted octanol–water partition coefficient (Wildman–Crippen LogP) is 2.41. The highest BCUT2D eigenvalue weighted by atomic mass is 16.5. The summed E-state index contributed by atoms with van der Waals surface area (Å²) in [6.45, 7) is 1.26. The van der Waals surface area contributed by atoms with Gasteiger partial charge in [0.2, 0.25) is 0 Å². The highest BCUT2D eigenvalue weighted by molar-refractivity contribution is 5.14. The second-order valence-electron chi connectivity index (χ2n) is 4.57. The maximum absolute atomic E-state index is 9.58. The van der Waals surface area contributed by atoms with Gasteiger partial charge in [-0.1, -0.05) is 30.3 Å². The van der Waals surface area contributed by atoms with Gasteiger partial charge in [-0.3, -0.25) is 0 Å². The van der Waals surface area contributed by atoms with Gasteiger partial charge in [0.15, 0.2) is 0 Å². The first-order valence-electron chi connectivity index (χ1n) is 6.16. The van der Waals surface area contributed by atoms with Crippen LogP contribution >= 0.6 is 0 Å². The van der Waals surface area contributed by atoms with Gasteiger partial charge in [-0.15, -0.1) is 0 Å². The van der Waals surface area contributed by atoms with Crippen molar-refractivity contribution in [2.24, 2.45) is 5.92 Å². The molecule has 1 saturated carbocycles. The van der Waals surface area contributed by atoms with Crippen molar-refractivity contribution in [2.45, 2.75) is 31.8 Å². The zero-order valence-electron chi connectivity index (χ0n) is 9.64. The van der Waals surface area contributed by atoms with E-state index in [2.05, 4.69) is 24.3 Å². The molecule has 0 heterocycles. The second-order valence-corrected chi connectivity index (χ2v) is 4.57. The maximum Gasteiger partial charge on any atom is 0.0801 e. The van der Waals surface area contributed by atoms with Gasteiger partial charge in [0.1, 0.15) is 0 Å². The topological polar surface area (TPSA) is 29.5 Å². The predicted molar refractivity (Wildman–Crippen MR) is 64.3 cm³/mol. The van der Waals surface area contributed by atoms with Gasteiger partial charge in [-0.2, -0.15) is 0 Å². The molecule has 1 aliphatic rings. The summed E-state index contributed by atoms with van der Waals surface area (Å²) >= 11 is 0. The molecule has 0 bridgehead atoms. The Labute approximate surface area is 97.3 Å². The van der Waals surface area contributed by atoms with Gasteiger partial charge in [0.05, 0.1) is 12.7 Å². The first-order chi connectivity index (χ1) is 7.86. The lowest BCUT2D eigenvalue weighted by Crippen LogP contribution is -2.17. The fourth-order valence-corrected chi connectivity index (χ4v) is 1.84. The summed E-state index contributed by atoms with van der Waals surface area (Å²) in [5, 5.41) is 9.58. The molecule has 0 saturated heterocycles. The molecule has 0 aromatic heterocycles. The van der Waals surface area contributed by atoms with Crippen LogP contribution in [0.25, 0.3) is 0 Å². The van der Waals surface area contributed by atoms with E-state index in [4.69, 9.17) is 4.74 Å². The molecule has 2 rings (SSSR count). The molecule has 2 nitrogen and oxygen atoms in total. The lowest BCUT2D eigenvalue weighted by molar-refractivity contribution is 0.0247. The molecule has 1 aliphatic carbocycles. The van der Waals surface area contributed by atoms with Gasteiger partial charge in [0.25, 0.3) is 0 Å². The van der Waals surface area contributed by atoms with Gasteiger partial charge in [-0.05, 0) is 37.2 Å². The van der Waals surface area contributed by atoms with Crippen molar-refractivity contribution in [1.82, 2.24) is 0 Å². The van der Waals surface area contributed by atoms with Crippen LogP contribution in [0.4, 0.5) is 0 Å². The van der Waals surface area contributed by atoms with Crippen LogP contribution in [-0.2, 0) is 11.2 Å². The van der Waals surface area contributed by atoms with E-state index < -0.39 is 0 Å². The standard InChI is InChI=1S/C14H20O2/c15-14(13-8-9-13)11-16-10-4-7-12-5-2-1-3-6-12/h1-3,5-6,13-15H,4,7-11H2. The highest BCUT2D eigenvalue weighted by Crippen LogP contribution is 2.32. The molecule has 0 radical (unpaired) electrons. The molecule has 1 atom stereocenters. The molecule has 0 amide bonds. The minimum absolute atomic E-state index is 0.225. The number of ether oxygens (including phenoxy) is 1. The zero-order chi connectivity index (χ0) is 11.2. The fourth-order valence-electron chi connectivity index (χ4n) is 1.84. The first kappa shape index (κ1) is 11.6. The van der Waals surface area contributed by atoms with Gasteiger partial charge in [0, 0.05) is 6.61 Å². The van der Waals surface area contributed by atoms with Crippen LogP contribution in [0.2, 0.25) is 0 Å². The third-order valence-electron chi connectivity index (χ3n) is 3.05. The van der Waals surface area contributed by atoms with Crippen LogP contribution in [0.15, 0.2) is 30.3 Å². The molecule has 1 unspecified atom stereocenters. The van der Waals surface area contributed by atoms with Crippen LogP contribution in [0.1, 0.15) is 24.8 Å². The number of aliphatic hydroxyl groups is 1. The molecule has 1 aromatic carbocycles. The van der Waals surface area contributed by atoms with Crippen molar-refractivity contribution < 1.29 is 9.84 Å². The number of hydrogen-bond donors (Lipinski definition) is 1. The first-order valence-corrected chi connectivity index (χ1v) is 6.16. The Bertz CT molecular complexity index is 293. The van der Waals surface area contributed by atoms with Crippen LogP contribution in [-0.4, -0.2) is 24.4 Å². The number of benzene rings is 1. The molecule has 1 aromatic rings. The molecular formula is C14H20O2. The quantitative estimate of drug-likeness (QED) is 0.715. The van der Waals surface area contributed by atoms with Crippen LogP contribution in [0.3, 0.4) is 0 Å². The SMILES string of the molecule is OC(COCCCc1ccccc1)C1CC1. The van der Waals surface area contributed by atoms with Crippen molar-refractivity contribution in [2.75, 3.05) is 13.2 Å². The van der Waals surface area contributed by atoms with E-state index in [-0.39, 0.29) is 6.10 Å². The minimum atomic E-state index is -0.225. The third kappa shape index (κ3) is 3.95. The van der Waals surface area contributed by atoms with Crippen LogP contribution in [0.5, 0.6) is 0 Å². The van der Waals surface area contributed by atoms with E-state index in [1.165, 1.54) is 18.4 Å². The fraction of sp³-hybridized carbons (Fsp3) is 0.571. The lowest BCUT2D eigenvalue weighted by Gasteiger charge is -2.09. The summed E-state index contributed by atoms with van der Waals surface area (Å²) < 4.78 is 5.47. The number of hydrogen-bond acceptors (Lipinski definition) is 2. The maximum atomic E-state index is 9.58. The third-order valence-corrected chi connectivity index (χ3v) is 3.05. The molecule has 16 heavy (non-hydrogen) atoms. The normalized spacial score (nSPS) is 17.3. The Hall–Kier alpha value is -0.860. The molecule has 2 heteroatoms. The molecule has 0 aliphatic heterocycles. The van der Waals surface area contributed by atoms with E-state index in [1.54, 1.807) is 0 Å². The van der Waals surface area contributed by atoms with Crippen LogP contribution in [0, 0.1) is 5.92 Å². The van der Waals surface area contributed by atoms with Gasteiger partial charge in [-0.25, -0.2) is 0 Å².